The van der Waals surface area contributed by atoms with Gasteiger partial charge < -0.3 is 14.8 Å². The molecular formula is C23H23N6O2P. The molecule has 3 aromatic heterocycles. The topological polar surface area (TPSA) is 84.5 Å². The highest BCUT2D eigenvalue weighted by atomic mass is 31.0. The molecule has 1 aromatic carbocycles. The maximum Gasteiger partial charge on any atom is 0.256 e. The summed E-state index contributed by atoms with van der Waals surface area (Å²) < 4.78 is 3.05. The molecule has 1 amide bonds. The quantitative estimate of drug-likeness (QED) is 0.487. The van der Waals surface area contributed by atoms with Gasteiger partial charge in [-0.25, -0.2) is 9.50 Å². The number of carbonyl (C=O) groups excluding carboxylic acids is 1. The highest BCUT2D eigenvalue weighted by Gasteiger charge is 2.27. The third-order valence-electron chi connectivity index (χ3n) is 5.81. The van der Waals surface area contributed by atoms with Gasteiger partial charge in [0.25, 0.3) is 11.5 Å². The molecule has 4 heterocycles. The van der Waals surface area contributed by atoms with Crippen LogP contribution in [0.4, 0.5) is 11.5 Å². The van der Waals surface area contributed by atoms with E-state index >= 15 is 0 Å². The van der Waals surface area contributed by atoms with Gasteiger partial charge in [-0.2, -0.15) is 5.10 Å². The number of fused-ring (bicyclic) bond motifs is 1. The van der Waals surface area contributed by atoms with E-state index in [1.165, 1.54) is 16.2 Å². The minimum atomic E-state index is -0.374. The molecule has 9 heteroatoms. The summed E-state index contributed by atoms with van der Waals surface area (Å²) in [5.74, 6) is 0.472. The Hall–Kier alpha value is -3.51. The van der Waals surface area contributed by atoms with Crippen molar-refractivity contribution >= 4 is 37.6 Å². The summed E-state index contributed by atoms with van der Waals surface area (Å²) in [4.78, 5) is 31.7. The van der Waals surface area contributed by atoms with Crippen LogP contribution in [0.2, 0.25) is 0 Å². The molecular weight excluding hydrogens is 423 g/mol. The minimum absolute atomic E-state index is 0.243. The van der Waals surface area contributed by atoms with E-state index in [1.807, 2.05) is 12.3 Å². The first-order valence-electron chi connectivity index (χ1n) is 10.4. The van der Waals surface area contributed by atoms with Crippen molar-refractivity contribution in [1.82, 2.24) is 19.2 Å². The predicted molar refractivity (Wildman–Crippen MR) is 128 cm³/mol. The second kappa shape index (κ2) is 8.20. The van der Waals surface area contributed by atoms with Crippen molar-refractivity contribution < 1.29 is 4.79 Å². The molecule has 1 N–H and O–H groups in total. The Bertz CT molecular complexity index is 1380. The van der Waals surface area contributed by atoms with Gasteiger partial charge in [0.15, 0.2) is 5.65 Å². The first-order valence-corrected chi connectivity index (χ1v) is 11.0. The summed E-state index contributed by atoms with van der Waals surface area (Å²) in [6.07, 6.45) is 7.15. The van der Waals surface area contributed by atoms with E-state index in [-0.39, 0.29) is 17.5 Å². The van der Waals surface area contributed by atoms with Crippen molar-refractivity contribution in [1.29, 1.82) is 0 Å². The van der Waals surface area contributed by atoms with Gasteiger partial charge in [0.1, 0.15) is 11.5 Å². The Morgan fingerprint density at radius 3 is 2.88 bits per heavy atom. The van der Waals surface area contributed by atoms with Crippen LogP contribution in [0, 0.1) is 0 Å². The van der Waals surface area contributed by atoms with Crippen molar-refractivity contribution in [2.45, 2.75) is 18.9 Å². The van der Waals surface area contributed by atoms with Crippen molar-refractivity contribution in [2.24, 2.45) is 7.05 Å². The number of rotatable bonds is 4. The number of nitrogens with zero attached hydrogens (tertiary/aromatic N) is 5. The number of amides is 1. The molecule has 1 saturated heterocycles. The lowest BCUT2D eigenvalue weighted by atomic mass is 10.0. The number of hydrogen-bond donors (Lipinski definition) is 1. The molecule has 1 aliphatic heterocycles. The molecule has 1 aliphatic rings. The van der Waals surface area contributed by atoms with Crippen LogP contribution in [0.5, 0.6) is 0 Å². The van der Waals surface area contributed by atoms with Crippen LogP contribution < -0.4 is 21.1 Å². The first kappa shape index (κ1) is 20.4. The van der Waals surface area contributed by atoms with Crippen molar-refractivity contribution in [3.8, 4) is 0 Å². The van der Waals surface area contributed by atoms with E-state index in [9.17, 15) is 9.59 Å². The lowest BCUT2D eigenvalue weighted by Crippen LogP contribution is -2.24. The molecule has 1 unspecified atom stereocenters. The Kier molecular flexibility index (Phi) is 5.23. The summed E-state index contributed by atoms with van der Waals surface area (Å²) >= 11 is 0. The number of aryl methyl sites for hydroxylation is 1. The highest BCUT2D eigenvalue weighted by molar-refractivity contribution is 7.27. The zero-order valence-corrected chi connectivity index (χ0v) is 18.8. The fourth-order valence-electron chi connectivity index (χ4n) is 4.15. The highest BCUT2D eigenvalue weighted by Crippen LogP contribution is 2.35. The maximum absolute atomic E-state index is 12.7. The van der Waals surface area contributed by atoms with Crippen LogP contribution in [0.15, 0.2) is 65.8 Å². The van der Waals surface area contributed by atoms with Gasteiger partial charge in [-0.3, -0.25) is 9.59 Å². The van der Waals surface area contributed by atoms with Crippen LogP contribution in [0.1, 0.15) is 34.8 Å². The van der Waals surface area contributed by atoms with E-state index in [2.05, 4.69) is 48.8 Å². The predicted octanol–water partition coefficient (Wildman–Crippen LogP) is 2.52. The Morgan fingerprint density at radius 1 is 1.19 bits per heavy atom. The van der Waals surface area contributed by atoms with Gasteiger partial charge in [-0.15, -0.1) is 9.24 Å². The van der Waals surface area contributed by atoms with Crippen LogP contribution in [-0.2, 0) is 7.05 Å². The SMILES string of the molecule is Cn1ccc(C(=O)Nc2cnn3ccc(N4CCC[C@@H]4c4cccc(P)c4)nc23)cc1=O. The van der Waals surface area contributed by atoms with Crippen molar-refractivity contribution in [3.05, 3.63) is 82.5 Å². The summed E-state index contributed by atoms with van der Waals surface area (Å²) in [6.45, 7) is 0.915. The number of anilines is 2. The van der Waals surface area contributed by atoms with Gasteiger partial charge in [0.05, 0.1) is 12.2 Å². The summed E-state index contributed by atoms with van der Waals surface area (Å²) in [5, 5.41) is 8.31. The molecule has 0 saturated carbocycles. The second-order valence-electron chi connectivity index (χ2n) is 7.95. The Morgan fingerprint density at radius 2 is 2.06 bits per heavy atom. The van der Waals surface area contributed by atoms with Gasteiger partial charge in [0, 0.05) is 37.6 Å². The maximum atomic E-state index is 12.7. The molecule has 0 spiro atoms. The monoisotopic (exact) mass is 446 g/mol. The largest absolute Gasteiger partial charge is 0.349 e. The second-order valence-corrected chi connectivity index (χ2v) is 8.62. The molecule has 0 radical (unpaired) electrons. The van der Waals surface area contributed by atoms with Crippen LogP contribution in [-0.4, -0.2) is 31.6 Å². The number of carbonyl (C=O) groups is 1. The lowest BCUT2D eigenvalue weighted by Gasteiger charge is -2.26. The van der Waals surface area contributed by atoms with Gasteiger partial charge in [0.2, 0.25) is 0 Å². The van der Waals surface area contributed by atoms with Gasteiger partial charge >= 0.3 is 0 Å². The van der Waals surface area contributed by atoms with Gasteiger partial charge in [-0.05, 0) is 41.9 Å². The van der Waals surface area contributed by atoms with Gasteiger partial charge in [-0.1, -0.05) is 18.2 Å². The Balaban J connectivity index is 1.45. The molecule has 1 fully saturated rings. The molecule has 8 nitrogen and oxygen atoms in total. The third-order valence-corrected chi connectivity index (χ3v) is 6.17. The summed E-state index contributed by atoms with van der Waals surface area (Å²) in [7, 11) is 4.40. The first-order chi connectivity index (χ1) is 15.5. The normalized spacial score (nSPS) is 15.9. The average molecular weight is 446 g/mol. The van der Waals surface area contributed by atoms with Crippen molar-refractivity contribution in [2.75, 3.05) is 16.8 Å². The fraction of sp³-hybridized carbons (Fsp3) is 0.217. The van der Waals surface area contributed by atoms with Crippen LogP contribution >= 0.6 is 9.24 Å². The molecule has 32 heavy (non-hydrogen) atoms. The molecule has 0 bridgehead atoms. The van der Waals surface area contributed by atoms with Crippen LogP contribution in [0.25, 0.3) is 5.65 Å². The molecule has 0 aliphatic carbocycles. The number of aromatic nitrogens is 4. The van der Waals surface area contributed by atoms with E-state index in [1.54, 1.807) is 30.0 Å². The number of benzene rings is 1. The minimum Gasteiger partial charge on any atom is -0.349 e. The zero-order valence-electron chi connectivity index (χ0n) is 17.6. The van der Waals surface area contributed by atoms with Crippen LogP contribution in [0.3, 0.4) is 0 Å². The average Bonchev–Trinajstić information content (AvgIpc) is 3.43. The zero-order chi connectivity index (χ0) is 22.2. The number of hydrogen-bond acceptors (Lipinski definition) is 5. The molecule has 2 atom stereocenters. The van der Waals surface area contributed by atoms with E-state index in [0.717, 1.165) is 30.5 Å². The fourth-order valence-corrected chi connectivity index (χ4v) is 4.45. The molecule has 4 aromatic rings. The van der Waals surface area contributed by atoms with Crippen molar-refractivity contribution in [3.63, 3.8) is 0 Å². The van der Waals surface area contributed by atoms with E-state index in [0.29, 0.717) is 16.9 Å². The lowest BCUT2D eigenvalue weighted by molar-refractivity contribution is 0.102. The molecule has 162 valence electrons. The summed E-state index contributed by atoms with van der Waals surface area (Å²) in [5.41, 5.74) is 2.38. The van der Waals surface area contributed by atoms with E-state index in [4.69, 9.17) is 4.98 Å². The third kappa shape index (κ3) is 3.78. The van der Waals surface area contributed by atoms with E-state index < -0.39 is 0 Å². The summed E-state index contributed by atoms with van der Waals surface area (Å²) in [6, 6.07) is 13.6. The standard InChI is InChI=1S/C23H23N6O2P/c1-27-10-7-16(13-21(27)30)23(31)25-18-14-24-29-11-8-20(26-22(18)29)28-9-3-6-19(28)15-4-2-5-17(32)12-15/h2,4-5,7-8,10-14,19H,3,6,9,32H2,1H3,(H,25,31)/t19-/m1/s1. The number of nitrogens with one attached hydrogen (secondary N) is 1. The molecule has 5 rings (SSSR count). The smallest absolute Gasteiger partial charge is 0.256 e. The number of pyridine rings is 1. The Labute approximate surface area is 187 Å².